The third-order valence-corrected chi connectivity index (χ3v) is 3.56. The molecular formula is C15H23N3O2. The maximum absolute atomic E-state index is 12.3. The molecule has 1 fully saturated rings. The number of carbonyl (C=O) groups is 1. The van der Waals surface area contributed by atoms with Crippen LogP contribution in [-0.2, 0) is 9.53 Å². The summed E-state index contributed by atoms with van der Waals surface area (Å²) >= 11 is 0. The second kappa shape index (κ2) is 6.72. The minimum Gasteiger partial charge on any atom is -0.399 e. The predicted octanol–water partition coefficient (Wildman–Crippen LogP) is 1.71. The van der Waals surface area contributed by atoms with Gasteiger partial charge in [-0.3, -0.25) is 9.69 Å². The highest BCUT2D eigenvalue weighted by molar-refractivity contribution is 5.94. The van der Waals surface area contributed by atoms with Crippen LogP contribution in [0, 0.1) is 0 Å². The Morgan fingerprint density at radius 2 is 2.35 bits per heavy atom. The van der Waals surface area contributed by atoms with Crippen LogP contribution in [-0.4, -0.2) is 42.6 Å². The summed E-state index contributed by atoms with van der Waals surface area (Å²) in [7, 11) is 0. The van der Waals surface area contributed by atoms with Gasteiger partial charge in [0.25, 0.3) is 0 Å². The van der Waals surface area contributed by atoms with E-state index < -0.39 is 0 Å². The Bertz CT molecular complexity index is 464. The van der Waals surface area contributed by atoms with Crippen molar-refractivity contribution < 1.29 is 9.53 Å². The van der Waals surface area contributed by atoms with Gasteiger partial charge >= 0.3 is 0 Å². The number of ether oxygens (including phenoxy) is 1. The minimum atomic E-state index is -0.180. The second-order valence-corrected chi connectivity index (χ2v) is 5.32. The molecule has 5 heteroatoms. The molecule has 1 aliphatic rings. The van der Waals surface area contributed by atoms with Crippen LogP contribution in [0.4, 0.5) is 11.4 Å². The van der Waals surface area contributed by atoms with Crippen molar-refractivity contribution in [1.82, 2.24) is 4.90 Å². The lowest BCUT2D eigenvalue weighted by atomic mass is 10.2. The topological polar surface area (TPSA) is 67.6 Å². The molecular weight excluding hydrogens is 254 g/mol. The average Bonchev–Trinajstić information content (AvgIpc) is 2.62. The molecule has 20 heavy (non-hydrogen) atoms. The molecule has 3 N–H and O–H groups in total. The number of nitrogens with two attached hydrogens (primary N) is 1. The molecule has 0 bridgehead atoms. The van der Waals surface area contributed by atoms with Gasteiger partial charge in [-0.05, 0) is 38.5 Å². The van der Waals surface area contributed by atoms with Gasteiger partial charge in [0.15, 0.2) is 0 Å². The molecule has 1 aliphatic heterocycles. The Hall–Kier alpha value is -1.59. The Kier molecular flexibility index (Phi) is 4.98. The predicted molar refractivity (Wildman–Crippen MR) is 80.6 cm³/mol. The van der Waals surface area contributed by atoms with E-state index in [1.165, 1.54) is 0 Å². The van der Waals surface area contributed by atoms with Crippen LogP contribution in [0.25, 0.3) is 0 Å². The summed E-state index contributed by atoms with van der Waals surface area (Å²) in [5.41, 5.74) is 7.10. The highest BCUT2D eigenvalue weighted by Gasteiger charge is 2.24. The van der Waals surface area contributed by atoms with Gasteiger partial charge in [0.05, 0.1) is 12.1 Å². The van der Waals surface area contributed by atoms with Crippen molar-refractivity contribution in [3.8, 4) is 0 Å². The summed E-state index contributed by atoms with van der Waals surface area (Å²) in [5.74, 6) is -0.00954. The van der Waals surface area contributed by atoms with Crippen molar-refractivity contribution in [1.29, 1.82) is 0 Å². The molecule has 1 aromatic rings. The first-order valence-corrected chi connectivity index (χ1v) is 7.08. The van der Waals surface area contributed by atoms with E-state index in [2.05, 4.69) is 10.2 Å². The van der Waals surface area contributed by atoms with Crippen LogP contribution in [0.1, 0.15) is 20.3 Å². The summed E-state index contributed by atoms with van der Waals surface area (Å²) < 4.78 is 5.61. The SMILES string of the molecule is CC1CN(C(C)C(=O)Nc2cccc(N)c2)CCCO1. The number of nitrogen functional groups attached to an aromatic ring is 1. The summed E-state index contributed by atoms with van der Waals surface area (Å²) in [6, 6.07) is 7.05. The lowest BCUT2D eigenvalue weighted by Gasteiger charge is -2.27. The maximum atomic E-state index is 12.3. The van der Waals surface area contributed by atoms with Gasteiger partial charge in [0.2, 0.25) is 5.91 Å². The standard InChI is InChI=1S/C15H23N3O2/c1-11-10-18(7-4-8-20-11)12(2)15(19)17-14-6-3-5-13(16)9-14/h3,5-6,9,11-12H,4,7-8,10,16H2,1-2H3,(H,17,19). The van der Waals surface area contributed by atoms with Crippen molar-refractivity contribution in [3.05, 3.63) is 24.3 Å². The Balaban J connectivity index is 1.97. The Labute approximate surface area is 120 Å². The van der Waals surface area contributed by atoms with Crippen molar-refractivity contribution in [2.24, 2.45) is 0 Å². The van der Waals surface area contributed by atoms with Gasteiger partial charge < -0.3 is 15.8 Å². The molecule has 2 rings (SSSR count). The van der Waals surface area contributed by atoms with Crippen molar-refractivity contribution in [2.45, 2.75) is 32.4 Å². The van der Waals surface area contributed by atoms with E-state index in [0.717, 1.165) is 31.8 Å². The highest BCUT2D eigenvalue weighted by Crippen LogP contribution is 2.14. The molecule has 0 spiro atoms. The fourth-order valence-electron chi connectivity index (χ4n) is 2.41. The van der Waals surface area contributed by atoms with Crippen molar-refractivity contribution in [3.63, 3.8) is 0 Å². The van der Waals surface area contributed by atoms with Crippen LogP contribution in [0.2, 0.25) is 0 Å². The molecule has 110 valence electrons. The number of amides is 1. The fourth-order valence-corrected chi connectivity index (χ4v) is 2.41. The molecule has 0 aromatic heterocycles. The zero-order valence-electron chi connectivity index (χ0n) is 12.1. The summed E-state index contributed by atoms with van der Waals surface area (Å²) in [5, 5.41) is 2.91. The first-order valence-electron chi connectivity index (χ1n) is 7.08. The number of benzene rings is 1. The van der Waals surface area contributed by atoms with Gasteiger partial charge in [-0.25, -0.2) is 0 Å². The molecule has 1 heterocycles. The number of nitrogens with zero attached hydrogens (tertiary/aromatic N) is 1. The second-order valence-electron chi connectivity index (χ2n) is 5.32. The van der Waals surface area contributed by atoms with E-state index in [4.69, 9.17) is 10.5 Å². The fraction of sp³-hybridized carbons (Fsp3) is 0.533. The van der Waals surface area contributed by atoms with Crippen LogP contribution >= 0.6 is 0 Å². The lowest BCUT2D eigenvalue weighted by Crippen LogP contribution is -2.44. The highest BCUT2D eigenvalue weighted by atomic mass is 16.5. The number of nitrogens with one attached hydrogen (secondary N) is 1. The number of carbonyl (C=O) groups excluding carboxylic acids is 1. The molecule has 0 saturated carbocycles. The largest absolute Gasteiger partial charge is 0.399 e. The van der Waals surface area contributed by atoms with E-state index in [0.29, 0.717) is 5.69 Å². The summed E-state index contributed by atoms with van der Waals surface area (Å²) in [4.78, 5) is 14.5. The van der Waals surface area contributed by atoms with Gasteiger partial charge in [0, 0.05) is 31.1 Å². The molecule has 2 atom stereocenters. The Morgan fingerprint density at radius 3 is 3.10 bits per heavy atom. The number of rotatable bonds is 3. The zero-order valence-corrected chi connectivity index (χ0v) is 12.1. The average molecular weight is 277 g/mol. The molecule has 5 nitrogen and oxygen atoms in total. The quantitative estimate of drug-likeness (QED) is 0.825. The summed E-state index contributed by atoms with van der Waals surface area (Å²) in [6.45, 7) is 6.41. The van der Waals surface area contributed by atoms with Crippen LogP contribution < -0.4 is 11.1 Å². The number of anilines is 2. The van der Waals surface area contributed by atoms with Gasteiger partial charge in [-0.15, -0.1) is 0 Å². The van der Waals surface area contributed by atoms with Gasteiger partial charge in [0.1, 0.15) is 0 Å². The third kappa shape index (κ3) is 3.95. The Morgan fingerprint density at radius 1 is 1.55 bits per heavy atom. The third-order valence-electron chi connectivity index (χ3n) is 3.56. The molecule has 0 aliphatic carbocycles. The van der Waals surface area contributed by atoms with Crippen molar-refractivity contribution in [2.75, 3.05) is 30.7 Å². The van der Waals surface area contributed by atoms with E-state index >= 15 is 0 Å². The maximum Gasteiger partial charge on any atom is 0.241 e. The van der Waals surface area contributed by atoms with Gasteiger partial charge in [-0.2, -0.15) is 0 Å². The van der Waals surface area contributed by atoms with Crippen LogP contribution in [0.15, 0.2) is 24.3 Å². The van der Waals surface area contributed by atoms with E-state index in [1.54, 1.807) is 12.1 Å². The lowest BCUT2D eigenvalue weighted by molar-refractivity contribution is -0.121. The molecule has 0 radical (unpaired) electrons. The zero-order chi connectivity index (χ0) is 14.5. The molecule has 1 saturated heterocycles. The minimum absolute atomic E-state index is 0.00954. The molecule has 1 aromatic carbocycles. The first kappa shape index (κ1) is 14.8. The first-order chi connectivity index (χ1) is 9.56. The van der Waals surface area contributed by atoms with Crippen LogP contribution in [0.5, 0.6) is 0 Å². The van der Waals surface area contributed by atoms with E-state index in [1.807, 2.05) is 26.0 Å². The number of hydrogen-bond donors (Lipinski definition) is 2. The summed E-state index contributed by atoms with van der Waals surface area (Å²) in [6.07, 6.45) is 1.13. The normalized spacial score (nSPS) is 22.0. The smallest absolute Gasteiger partial charge is 0.241 e. The molecule has 1 amide bonds. The van der Waals surface area contributed by atoms with Crippen molar-refractivity contribution >= 4 is 17.3 Å². The van der Waals surface area contributed by atoms with E-state index in [9.17, 15) is 4.79 Å². The molecule has 2 unspecified atom stereocenters. The van der Waals surface area contributed by atoms with E-state index in [-0.39, 0.29) is 18.1 Å². The monoisotopic (exact) mass is 277 g/mol. The number of hydrogen-bond acceptors (Lipinski definition) is 4. The van der Waals surface area contributed by atoms with Gasteiger partial charge in [-0.1, -0.05) is 6.07 Å². The van der Waals surface area contributed by atoms with Crippen LogP contribution in [0.3, 0.4) is 0 Å².